The van der Waals surface area contributed by atoms with Crippen molar-refractivity contribution < 1.29 is 23.4 Å². The molecule has 2 heterocycles. The summed E-state index contributed by atoms with van der Waals surface area (Å²) in [5.41, 5.74) is 0.836. The van der Waals surface area contributed by atoms with Gasteiger partial charge in [0.15, 0.2) is 11.4 Å². The summed E-state index contributed by atoms with van der Waals surface area (Å²) in [6.45, 7) is 2.56. The normalized spacial score (nSPS) is 26.4. The van der Waals surface area contributed by atoms with Crippen molar-refractivity contribution in [2.45, 2.75) is 82.3 Å². The van der Waals surface area contributed by atoms with Crippen LogP contribution in [-0.4, -0.2) is 56.3 Å². The molecule has 2 aromatic heterocycles. The van der Waals surface area contributed by atoms with Crippen LogP contribution < -0.4 is 10.6 Å². The van der Waals surface area contributed by atoms with Gasteiger partial charge in [-0.1, -0.05) is 6.07 Å². The van der Waals surface area contributed by atoms with Crippen LogP contribution in [0, 0.1) is 11.6 Å². The zero-order chi connectivity index (χ0) is 26.0. The predicted molar refractivity (Wildman–Crippen MR) is 136 cm³/mol. The molecule has 0 atom stereocenters. The lowest BCUT2D eigenvalue weighted by atomic mass is 9.90. The molecule has 0 bridgehead atoms. The Labute approximate surface area is 214 Å². The van der Waals surface area contributed by atoms with Crippen LogP contribution in [0.5, 0.6) is 0 Å². The molecular formula is C26H34F2N6O3. The molecule has 0 amide bonds. The quantitative estimate of drug-likeness (QED) is 0.357. The van der Waals surface area contributed by atoms with E-state index in [-0.39, 0.29) is 23.9 Å². The van der Waals surface area contributed by atoms with Crippen LogP contribution in [0.3, 0.4) is 0 Å². The Bertz CT molecular complexity index is 1200. The van der Waals surface area contributed by atoms with Crippen molar-refractivity contribution in [3.63, 3.8) is 0 Å². The summed E-state index contributed by atoms with van der Waals surface area (Å²) in [6.07, 6.45) is 7.17. The third kappa shape index (κ3) is 5.39. The monoisotopic (exact) mass is 516 g/mol. The number of imidazole rings is 1. The van der Waals surface area contributed by atoms with E-state index in [0.29, 0.717) is 55.4 Å². The zero-order valence-electron chi connectivity index (χ0n) is 21.2. The number of halogens is 2. The lowest BCUT2D eigenvalue weighted by Crippen LogP contribution is -2.42. The summed E-state index contributed by atoms with van der Waals surface area (Å²) < 4.78 is 42.3. The molecule has 2 fully saturated rings. The molecule has 2 aliphatic rings. The smallest absolute Gasteiger partial charge is 0.224 e. The zero-order valence-corrected chi connectivity index (χ0v) is 21.2. The summed E-state index contributed by atoms with van der Waals surface area (Å²) in [7, 11) is 1.69. The largest absolute Gasteiger partial charge is 0.393 e. The van der Waals surface area contributed by atoms with Gasteiger partial charge in [-0.3, -0.25) is 4.57 Å². The van der Waals surface area contributed by atoms with E-state index in [9.17, 15) is 13.9 Å². The minimum absolute atomic E-state index is 0.0309. The van der Waals surface area contributed by atoms with Crippen LogP contribution in [0.4, 0.5) is 26.4 Å². The fourth-order valence-corrected chi connectivity index (χ4v) is 5.49. The summed E-state index contributed by atoms with van der Waals surface area (Å²) >= 11 is 0. The van der Waals surface area contributed by atoms with Crippen LogP contribution in [0.1, 0.15) is 64.3 Å². The molecule has 0 spiro atoms. The van der Waals surface area contributed by atoms with Crippen molar-refractivity contribution in [2.75, 3.05) is 24.4 Å². The predicted octanol–water partition coefficient (Wildman–Crippen LogP) is 5.06. The molecule has 5 rings (SSSR count). The number of ether oxygens (including phenoxy) is 2. The van der Waals surface area contributed by atoms with E-state index < -0.39 is 17.4 Å². The van der Waals surface area contributed by atoms with Crippen molar-refractivity contribution in [3.05, 3.63) is 36.0 Å². The maximum absolute atomic E-state index is 14.4. The maximum Gasteiger partial charge on any atom is 0.224 e. The Morgan fingerprint density at radius 2 is 1.78 bits per heavy atom. The van der Waals surface area contributed by atoms with Crippen LogP contribution in [0.15, 0.2) is 24.4 Å². The van der Waals surface area contributed by atoms with Crippen molar-refractivity contribution >= 4 is 28.7 Å². The highest BCUT2D eigenvalue weighted by atomic mass is 19.1. The number of nitrogens with one attached hydrogen (secondary N) is 2. The first-order chi connectivity index (χ1) is 17.9. The molecule has 0 aliphatic heterocycles. The van der Waals surface area contributed by atoms with E-state index in [1.807, 2.05) is 11.5 Å². The highest BCUT2D eigenvalue weighted by Gasteiger charge is 2.36. The molecule has 200 valence electrons. The topological polar surface area (TPSA) is 106 Å². The molecule has 9 nitrogen and oxygen atoms in total. The van der Waals surface area contributed by atoms with E-state index in [1.54, 1.807) is 13.3 Å². The number of fused-ring (bicyclic) bond motifs is 1. The lowest BCUT2D eigenvalue weighted by molar-refractivity contribution is -0.236. The van der Waals surface area contributed by atoms with Crippen LogP contribution in [0.25, 0.3) is 11.2 Å². The van der Waals surface area contributed by atoms with E-state index in [1.165, 1.54) is 18.2 Å². The van der Waals surface area contributed by atoms with Crippen LogP contribution in [0.2, 0.25) is 0 Å². The Morgan fingerprint density at radius 3 is 2.43 bits per heavy atom. The lowest BCUT2D eigenvalue weighted by Gasteiger charge is -2.38. The van der Waals surface area contributed by atoms with Gasteiger partial charge in [0.2, 0.25) is 11.9 Å². The molecule has 0 unspecified atom stereocenters. The maximum atomic E-state index is 14.4. The standard InChI is InChI=1S/C26H34F2N6O3/c1-3-37-26(36-2)13-11-16(12-14-26)30-24-29-15-21-23(33-24)34(17-7-9-18(35)10-8-17)25(31-21)32-22-19(27)5-4-6-20(22)28/h4-6,15-18,35H,3,7-14H2,1-2H3,(H,31,32)(H,29,30,33). The average Bonchev–Trinajstić information content (AvgIpc) is 3.25. The summed E-state index contributed by atoms with van der Waals surface area (Å²) in [6, 6.07) is 3.85. The molecule has 0 saturated heterocycles. The van der Waals surface area contributed by atoms with Gasteiger partial charge in [0, 0.05) is 38.6 Å². The Kier molecular flexibility index (Phi) is 7.55. The number of hydrogen-bond acceptors (Lipinski definition) is 8. The highest BCUT2D eigenvalue weighted by Crippen LogP contribution is 2.36. The van der Waals surface area contributed by atoms with Gasteiger partial charge in [0.05, 0.1) is 12.3 Å². The molecule has 0 radical (unpaired) electrons. The third-order valence-corrected chi connectivity index (χ3v) is 7.52. The molecule has 3 aromatic rings. The fraction of sp³-hybridized carbons (Fsp3) is 0.577. The second-order valence-corrected chi connectivity index (χ2v) is 9.86. The Morgan fingerprint density at radius 1 is 1.08 bits per heavy atom. The first kappa shape index (κ1) is 25.7. The Hall–Kier alpha value is -2.89. The number of aliphatic hydroxyl groups is 1. The molecule has 37 heavy (non-hydrogen) atoms. The van der Waals surface area contributed by atoms with Crippen molar-refractivity contribution in [1.29, 1.82) is 0 Å². The van der Waals surface area contributed by atoms with Crippen molar-refractivity contribution in [3.8, 4) is 0 Å². The van der Waals surface area contributed by atoms with E-state index in [2.05, 4.69) is 20.6 Å². The third-order valence-electron chi connectivity index (χ3n) is 7.52. The van der Waals surface area contributed by atoms with E-state index >= 15 is 0 Å². The van der Waals surface area contributed by atoms with Crippen molar-refractivity contribution in [2.24, 2.45) is 0 Å². The first-order valence-electron chi connectivity index (χ1n) is 13.0. The van der Waals surface area contributed by atoms with Gasteiger partial charge in [-0.15, -0.1) is 0 Å². The van der Waals surface area contributed by atoms with Gasteiger partial charge in [-0.05, 0) is 57.6 Å². The molecule has 2 saturated carbocycles. The van der Waals surface area contributed by atoms with Gasteiger partial charge in [-0.2, -0.15) is 4.98 Å². The van der Waals surface area contributed by atoms with Gasteiger partial charge < -0.3 is 25.2 Å². The van der Waals surface area contributed by atoms with Gasteiger partial charge in [0.25, 0.3) is 0 Å². The second-order valence-electron chi connectivity index (χ2n) is 9.86. The SMILES string of the molecule is CCOC1(OC)CCC(Nc2ncc3nc(Nc4c(F)cccc4F)n(C4CCC(O)CC4)c3n2)CC1. The average molecular weight is 517 g/mol. The first-order valence-corrected chi connectivity index (χ1v) is 13.0. The second kappa shape index (κ2) is 10.8. The molecule has 3 N–H and O–H groups in total. The minimum atomic E-state index is -0.706. The minimum Gasteiger partial charge on any atom is -0.393 e. The molecule has 2 aliphatic carbocycles. The number of rotatable bonds is 8. The number of aromatic nitrogens is 4. The fourth-order valence-electron chi connectivity index (χ4n) is 5.49. The van der Waals surface area contributed by atoms with E-state index in [4.69, 9.17) is 14.5 Å². The Balaban J connectivity index is 1.43. The van der Waals surface area contributed by atoms with E-state index in [0.717, 1.165) is 25.7 Å². The highest BCUT2D eigenvalue weighted by molar-refractivity contribution is 5.76. The number of methoxy groups -OCH3 is 1. The molecule has 11 heteroatoms. The van der Waals surface area contributed by atoms with Crippen LogP contribution >= 0.6 is 0 Å². The summed E-state index contributed by atoms with van der Waals surface area (Å²) in [5.74, 6) is -1.18. The van der Waals surface area contributed by atoms with Gasteiger partial charge in [-0.25, -0.2) is 18.7 Å². The van der Waals surface area contributed by atoms with Gasteiger partial charge >= 0.3 is 0 Å². The summed E-state index contributed by atoms with van der Waals surface area (Å²) in [5, 5.41) is 16.3. The number of aliphatic hydroxyl groups excluding tert-OH is 1. The number of hydrogen-bond donors (Lipinski definition) is 3. The number of nitrogens with zero attached hydrogens (tertiary/aromatic N) is 4. The number of benzene rings is 1. The molecule has 1 aromatic carbocycles. The van der Waals surface area contributed by atoms with Crippen LogP contribution in [-0.2, 0) is 9.47 Å². The number of anilines is 3. The van der Waals surface area contributed by atoms with Gasteiger partial charge in [0.1, 0.15) is 22.8 Å². The molecular weight excluding hydrogens is 482 g/mol. The van der Waals surface area contributed by atoms with Crippen molar-refractivity contribution in [1.82, 2.24) is 19.5 Å². The summed E-state index contributed by atoms with van der Waals surface area (Å²) in [4.78, 5) is 13.9. The number of para-hydroxylation sites is 1.